The topological polar surface area (TPSA) is 123 Å². The molecule has 8 heteroatoms. The van der Waals surface area contributed by atoms with Crippen molar-refractivity contribution in [3.05, 3.63) is 0 Å². The van der Waals surface area contributed by atoms with E-state index in [2.05, 4.69) is 21.3 Å². The SMILES string of the molecule is O=C(NCCNCCO)C(=O)NCCNCCO. The van der Waals surface area contributed by atoms with Crippen LogP contribution in [0.15, 0.2) is 0 Å². The molecule has 6 N–H and O–H groups in total. The molecule has 2 amide bonds. The fraction of sp³-hybridized carbons (Fsp3) is 0.800. The fourth-order valence-electron chi connectivity index (χ4n) is 1.10. The summed E-state index contributed by atoms with van der Waals surface area (Å²) in [7, 11) is 0. The first-order valence-electron chi connectivity index (χ1n) is 5.91. The third-order valence-electron chi connectivity index (χ3n) is 1.96. The van der Waals surface area contributed by atoms with Crippen molar-refractivity contribution in [2.75, 3.05) is 52.5 Å². The van der Waals surface area contributed by atoms with Crippen molar-refractivity contribution in [1.29, 1.82) is 0 Å². The van der Waals surface area contributed by atoms with Crippen LogP contribution in [0.5, 0.6) is 0 Å². The average Bonchev–Trinajstić information content (AvgIpc) is 2.37. The summed E-state index contributed by atoms with van der Waals surface area (Å²) in [5, 5.41) is 27.6. The molecule has 0 radical (unpaired) electrons. The lowest BCUT2D eigenvalue weighted by Crippen LogP contribution is -2.44. The van der Waals surface area contributed by atoms with Crippen LogP contribution in [-0.2, 0) is 9.59 Å². The minimum Gasteiger partial charge on any atom is -0.395 e. The Morgan fingerprint density at radius 1 is 0.667 bits per heavy atom. The second-order valence-corrected chi connectivity index (χ2v) is 3.46. The number of nitrogens with one attached hydrogen (secondary N) is 4. The number of carbonyl (C=O) groups is 2. The molecule has 0 fully saturated rings. The largest absolute Gasteiger partial charge is 0.395 e. The van der Waals surface area contributed by atoms with E-state index in [1.54, 1.807) is 0 Å². The standard InChI is InChI=1S/C10H22N4O4/c15-7-5-11-1-3-13-9(17)10(18)14-4-2-12-6-8-16/h11-12,15-16H,1-8H2,(H,13,17)(H,14,18). The summed E-state index contributed by atoms with van der Waals surface area (Å²) in [5.74, 6) is -1.36. The van der Waals surface area contributed by atoms with Gasteiger partial charge in [0.15, 0.2) is 0 Å². The van der Waals surface area contributed by atoms with Gasteiger partial charge in [0, 0.05) is 39.3 Å². The van der Waals surface area contributed by atoms with E-state index in [0.29, 0.717) is 39.3 Å². The molecular formula is C10H22N4O4. The molecule has 0 aliphatic carbocycles. The predicted octanol–water partition coefficient (Wildman–Crippen LogP) is -3.62. The Kier molecular flexibility index (Phi) is 11.4. The first-order valence-corrected chi connectivity index (χ1v) is 5.91. The number of rotatable bonds is 10. The van der Waals surface area contributed by atoms with Crippen LogP contribution in [-0.4, -0.2) is 74.5 Å². The van der Waals surface area contributed by atoms with Crippen LogP contribution in [0.25, 0.3) is 0 Å². The Bertz CT molecular complexity index is 214. The van der Waals surface area contributed by atoms with E-state index < -0.39 is 11.8 Å². The Morgan fingerprint density at radius 3 is 1.39 bits per heavy atom. The molecule has 0 rings (SSSR count). The Hall–Kier alpha value is -1.22. The Balaban J connectivity index is 3.43. The van der Waals surface area contributed by atoms with E-state index in [1.165, 1.54) is 0 Å². The molecule has 0 heterocycles. The van der Waals surface area contributed by atoms with Crippen LogP contribution in [0.2, 0.25) is 0 Å². The van der Waals surface area contributed by atoms with Crippen LogP contribution in [0.3, 0.4) is 0 Å². The van der Waals surface area contributed by atoms with Gasteiger partial charge in [0.05, 0.1) is 13.2 Å². The maximum absolute atomic E-state index is 11.2. The lowest BCUT2D eigenvalue weighted by molar-refractivity contribution is -0.139. The molecule has 8 nitrogen and oxygen atoms in total. The Labute approximate surface area is 106 Å². The third-order valence-corrected chi connectivity index (χ3v) is 1.96. The van der Waals surface area contributed by atoms with Crippen LogP contribution < -0.4 is 21.3 Å². The molecule has 0 aromatic rings. The van der Waals surface area contributed by atoms with Gasteiger partial charge in [0.2, 0.25) is 0 Å². The van der Waals surface area contributed by atoms with Gasteiger partial charge in [-0.15, -0.1) is 0 Å². The summed E-state index contributed by atoms with van der Waals surface area (Å²) in [4.78, 5) is 22.5. The van der Waals surface area contributed by atoms with Gasteiger partial charge >= 0.3 is 11.8 Å². The highest BCUT2D eigenvalue weighted by Gasteiger charge is 2.10. The van der Waals surface area contributed by atoms with Crippen LogP contribution in [0.4, 0.5) is 0 Å². The van der Waals surface area contributed by atoms with Crippen LogP contribution in [0, 0.1) is 0 Å². The number of hydrogen-bond acceptors (Lipinski definition) is 6. The number of amides is 2. The number of carbonyl (C=O) groups excluding carboxylic acids is 2. The van der Waals surface area contributed by atoms with Crippen LogP contribution in [0.1, 0.15) is 0 Å². The molecule has 106 valence electrons. The van der Waals surface area contributed by atoms with Gasteiger partial charge in [-0.1, -0.05) is 0 Å². The molecule has 18 heavy (non-hydrogen) atoms. The quantitative estimate of drug-likeness (QED) is 0.178. The van der Waals surface area contributed by atoms with Crippen molar-refractivity contribution >= 4 is 11.8 Å². The average molecular weight is 262 g/mol. The van der Waals surface area contributed by atoms with Crippen molar-refractivity contribution in [3.8, 4) is 0 Å². The van der Waals surface area contributed by atoms with Crippen molar-refractivity contribution < 1.29 is 19.8 Å². The van der Waals surface area contributed by atoms with E-state index in [4.69, 9.17) is 10.2 Å². The van der Waals surface area contributed by atoms with E-state index in [9.17, 15) is 9.59 Å². The van der Waals surface area contributed by atoms with Gasteiger partial charge in [-0.2, -0.15) is 0 Å². The molecule has 0 aliphatic heterocycles. The van der Waals surface area contributed by atoms with Gasteiger partial charge in [-0.05, 0) is 0 Å². The summed E-state index contributed by atoms with van der Waals surface area (Å²) in [6, 6.07) is 0. The molecule has 0 aromatic carbocycles. The molecule has 0 saturated carbocycles. The monoisotopic (exact) mass is 262 g/mol. The fourth-order valence-corrected chi connectivity index (χ4v) is 1.10. The zero-order valence-electron chi connectivity index (χ0n) is 10.4. The molecule has 0 saturated heterocycles. The highest BCUT2D eigenvalue weighted by Crippen LogP contribution is 1.69. The van der Waals surface area contributed by atoms with Gasteiger partial charge in [-0.25, -0.2) is 0 Å². The van der Waals surface area contributed by atoms with Gasteiger partial charge in [0.1, 0.15) is 0 Å². The normalized spacial score (nSPS) is 10.1. The lowest BCUT2D eigenvalue weighted by Gasteiger charge is -2.07. The molecule has 0 bridgehead atoms. The summed E-state index contributed by atoms with van der Waals surface area (Å²) >= 11 is 0. The molecule has 0 aliphatic rings. The second kappa shape index (κ2) is 12.2. The lowest BCUT2D eigenvalue weighted by atomic mass is 10.4. The van der Waals surface area contributed by atoms with Crippen molar-refractivity contribution in [2.45, 2.75) is 0 Å². The third kappa shape index (κ3) is 9.97. The first kappa shape index (κ1) is 16.8. The number of aliphatic hydroxyl groups is 2. The molecule has 0 unspecified atom stereocenters. The zero-order valence-corrected chi connectivity index (χ0v) is 10.4. The smallest absolute Gasteiger partial charge is 0.309 e. The van der Waals surface area contributed by atoms with Gasteiger partial charge in [-0.3, -0.25) is 9.59 Å². The minimum atomic E-state index is -0.678. The van der Waals surface area contributed by atoms with E-state index in [1.807, 2.05) is 0 Å². The van der Waals surface area contributed by atoms with E-state index in [-0.39, 0.29) is 13.2 Å². The maximum Gasteiger partial charge on any atom is 0.309 e. The molecule has 0 spiro atoms. The summed E-state index contributed by atoms with van der Waals surface area (Å²) in [6.07, 6.45) is 0. The highest BCUT2D eigenvalue weighted by molar-refractivity contribution is 6.35. The first-order chi connectivity index (χ1) is 8.72. The highest BCUT2D eigenvalue weighted by atomic mass is 16.3. The molecule has 0 atom stereocenters. The molecular weight excluding hydrogens is 240 g/mol. The number of hydrogen-bond donors (Lipinski definition) is 6. The summed E-state index contributed by atoms with van der Waals surface area (Å²) < 4.78 is 0. The summed E-state index contributed by atoms with van der Waals surface area (Å²) in [5.41, 5.74) is 0. The summed E-state index contributed by atoms with van der Waals surface area (Å²) in [6.45, 7) is 2.64. The van der Waals surface area contributed by atoms with E-state index in [0.717, 1.165) is 0 Å². The van der Waals surface area contributed by atoms with Gasteiger partial charge < -0.3 is 31.5 Å². The van der Waals surface area contributed by atoms with Crippen LogP contribution >= 0.6 is 0 Å². The number of aliphatic hydroxyl groups excluding tert-OH is 2. The van der Waals surface area contributed by atoms with E-state index >= 15 is 0 Å². The maximum atomic E-state index is 11.2. The molecule has 0 aromatic heterocycles. The van der Waals surface area contributed by atoms with Crippen molar-refractivity contribution in [3.63, 3.8) is 0 Å². The van der Waals surface area contributed by atoms with Crippen molar-refractivity contribution in [1.82, 2.24) is 21.3 Å². The van der Waals surface area contributed by atoms with Gasteiger partial charge in [0.25, 0.3) is 0 Å². The Morgan fingerprint density at radius 2 is 1.06 bits per heavy atom. The van der Waals surface area contributed by atoms with Crippen molar-refractivity contribution in [2.24, 2.45) is 0 Å². The predicted molar refractivity (Wildman–Crippen MR) is 65.9 cm³/mol. The second-order valence-electron chi connectivity index (χ2n) is 3.46. The zero-order chi connectivity index (χ0) is 13.6. The minimum absolute atomic E-state index is 0.0370.